The standard InChI is InChI=1S/C60H64O2S2/c1-3-5-7-11-41-17-21-43(22-18-41)45-25-29-47(30-26-45)49-33-37-51(38-34-49)63-55-15-9-13-53-57(55)59(61)54-14-10-16-56(58(54)60(53)62)64-52-39-35-50(36-40-52)48-31-27-46(28-32-48)44-23-19-42(20-24-44)12-8-6-4-2/h9-10,13-16,25-44H,3-8,11-12,17-24H2,1-2H3. The number of benzene rings is 6. The lowest BCUT2D eigenvalue weighted by atomic mass is 9.77. The van der Waals surface area contributed by atoms with Crippen LogP contribution in [0.2, 0.25) is 0 Å². The maximum atomic E-state index is 14.3. The second-order valence-corrected chi connectivity index (χ2v) is 21.2. The number of carbonyl (C=O) groups is 2. The number of fused-ring (bicyclic) bond motifs is 2. The van der Waals surface area contributed by atoms with E-state index in [1.807, 2.05) is 36.4 Å². The summed E-state index contributed by atoms with van der Waals surface area (Å²) in [4.78, 5) is 32.4. The third-order valence-corrected chi connectivity index (χ3v) is 16.9. The molecule has 0 unspecified atom stereocenters. The van der Waals surface area contributed by atoms with Gasteiger partial charge in [-0.3, -0.25) is 9.59 Å². The van der Waals surface area contributed by atoms with Gasteiger partial charge in [0.1, 0.15) is 0 Å². The summed E-state index contributed by atoms with van der Waals surface area (Å²) < 4.78 is 0. The van der Waals surface area contributed by atoms with Crippen LogP contribution in [0.15, 0.2) is 153 Å². The van der Waals surface area contributed by atoms with Gasteiger partial charge in [0.2, 0.25) is 0 Å². The van der Waals surface area contributed by atoms with E-state index in [2.05, 4.69) is 111 Å². The average molecular weight is 881 g/mol. The second-order valence-electron chi connectivity index (χ2n) is 18.9. The summed E-state index contributed by atoms with van der Waals surface area (Å²) in [6, 6.07) is 47.1. The normalized spacial score (nSPS) is 19.6. The highest BCUT2D eigenvalue weighted by Gasteiger charge is 2.34. The molecule has 3 aliphatic carbocycles. The minimum absolute atomic E-state index is 0.0874. The van der Waals surface area contributed by atoms with E-state index in [0.29, 0.717) is 34.1 Å². The van der Waals surface area contributed by atoms with Gasteiger partial charge in [0.05, 0.1) is 0 Å². The van der Waals surface area contributed by atoms with Gasteiger partial charge in [-0.25, -0.2) is 0 Å². The monoisotopic (exact) mass is 880 g/mol. The van der Waals surface area contributed by atoms with Crippen molar-refractivity contribution in [2.45, 2.75) is 148 Å². The molecule has 0 N–H and O–H groups in total. The van der Waals surface area contributed by atoms with Crippen molar-refractivity contribution in [1.82, 2.24) is 0 Å². The Bertz CT molecular complexity index is 2320. The zero-order valence-electron chi connectivity index (χ0n) is 38.0. The van der Waals surface area contributed by atoms with Crippen LogP contribution in [0.25, 0.3) is 22.3 Å². The van der Waals surface area contributed by atoms with E-state index in [0.717, 1.165) is 31.4 Å². The Morgan fingerprint density at radius 3 is 1.09 bits per heavy atom. The lowest BCUT2D eigenvalue weighted by Gasteiger charge is -2.29. The van der Waals surface area contributed by atoms with Gasteiger partial charge in [-0.1, -0.05) is 186 Å². The Labute approximate surface area is 391 Å². The molecule has 0 heterocycles. The van der Waals surface area contributed by atoms with Crippen LogP contribution >= 0.6 is 23.5 Å². The third kappa shape index (κ3) is 10.2. The molecule has 0 bridgehead atoms. The highest BCUT2D eigenvalue weighted by atomic mass is 32.2. The first kappa shape index (κ1) is 44.6. The molecule has 64 heavy (non-hydrogen) atoms. The Balaban J connectivity index is 0.828. The number of ketones is 2. The van der Waals surface area contributed by atoms with Crippen LogP contribution in [0.3, 0.4) is 0 Å². The minimum Gasteiger partial charge on any atom is -0.289 e. The van der Waals surface area contributed by atoms with E-state index >= 15 is 0 Å². The van der Waals surface area contributed by atoms with Crippen LogP contribution in [-0.2, 0) is 0 Å². The van der Waals surface area contributed by atoms with Crippen LogP contribution in [0.5, 0.6) is 0 Å². The first-order chi connectivity index (χ1) is 31.4. The lowest BCUT2D eigenvalue weighted by Crippen LogP contribution is -2.22. The smallest absolute Gasteiger partial charge is 0.195 e. The van der Waals surface area contributed by atoms with Crippen molar-refractivity contribution in [3.05, 3.63) is 167 Å². The summed E-state index contributed by atoms with van der Waals surface area (Å²) in [5, 5.41) is 0. The third-order valence-electron chi connectivity index (χ3n) is 14.7. The molecule has 9 rings (SSSR count). The van der Waals surface area contributed by atoms with E-state index in [9.17, 15) is 9.59 Å². The molecule has 2 saturated carbocycles. The molecule has 0 saturated heterocycles. The topological polar surface area (TPSA) is 34.1 Å². The fraction of sp³-hybridized carbons (Fsp3) is 0.367. The van der Waals surface area contributed by atoms with Crippen molar-refractivity contribution < 1.29 is 9.59 Å². The van der Waals surface area contributed by atoms with Crippen LogP contribution in [-0.4, -0.2) is 11.6 Å². The summed E-state index contributed by atoms with van der Waals surface area (Å²) in [6.07, 6.45) is 21.7. The van der Waals surface area contributed by atoms with E-state index in [1.165, 1.54) is 136 Å². The molecule has 2 nitrogen and oxygen atoms in total. The number of hydrogen-bond acceptors (Lipinski definition) is 4. The highest BCUT2D eigenvalue weighted by Crippen LogP contribution is 2.43. The van der Waals surface area contributed by atoms with Crippen molar-refractivity contribution in [2.75, 3.05) is 0 Å². The summed E-state index contributed by atoms with van der Waals surface area (Å²) in [5.41, 5.74) is 9.74. The minimum atomic E-state index is -0.0874. The summed E-state index contributed by atoms with van der Waals surface area (Å²) >= 11 is 3.11. The molecule has 0 atom stereocenters. The zero-order valence-corrected chi connectivity index (χ0v) is 39.6. The molecule has 0 aliphatic heterocycles. The number of hydrogen-bond donors (Lipinski definition) is 0. The Morgan fingerprint density at radius 1 is 0.406 bits per heavy atom. The first-order valence-corrected chi connectivity index (χ1v) is 26.2. The van der Waals surface area contributed by atoms with Gasteiger partial charge in [0, 0.05) is 41.8 Å². The molecule has 3 aliphatic rings. The van der Waals surface area contributed by atoms with Gasteiger partial charge in [0.25, 0.3) is 0 Å². The fourth-order valence-electron chi connectivity index (χ4n) is 10.9. The van der Waals surface area contributed by atoms with Crippen molar-refractivity contribution >= 4 is 35.1 Å². The Morgan fingerprint density at radius 2 is 0.750 bits per heavy atom. The molecule has 0 aromatic heterocycles. The van der Waals surface area contributed by atoms with Gasteiger partial charge in [-0.15, -0.1) is 0 Å². The Kier molecular flexibility index (Phi) is 14.7. The van der Waals surface area contributed by atoms with E-state index in [-0.39, 0.29) is 11.6 Å². The molecular formula is C60H64O2S2. The predicted molar refractivity (Wildman–Crippen MR) is 269 cm³/mol. The number of unbranched alkanes of at least 4 members (excludes halogenated alkanes) is 4. The highest BCUT2D eigenvalue weighted by molar-refractivity contribution is 7.99. The summed E-state index contributed by atoms with van der Waals surface area (Å²) in [6.45, 7) is 4.59. The quantitative estimate of drug-likeness (QED) is 0.0906. The molecule has 328 valence electrons. The summed E-state index contributed by atoms with van der Waals surface area (Å²) in [5.74, 6) is 3.05. The SMILES string of the molecule is CCCCCC1CCC(c2ccc(-c3ccc(Sc4cccc5c4C(=O)c4cccc(Sc6ccc(-c7ccc(C8CCC(CCCCC)CC8)cc7)cc6)c4C5=O)cc3)cc2)CC1. The molecule has 6 aromatic carbocycles. The maximum absolute atomic E-state index is 14.3. The van der Waals surface area contributed by atoms with Crippen molar-refractivity contribution in [1.29, 1.82) is 0 Å². The number of rotatable bonds is 16. The van der Waals surface area contributed by atoms with Crippen molar-refractivity contribution in [3.63, 3.8) is 0 Å². The zero-order chi connectivity index (χ0) is 43.8. The Hall–Kier alpha value is -4.64. The molecule has 2 fully saturated rings. The van der Waals surface area contributed by atoms with Crippen LogP contribution in [0.4, 0.5) is 0 Å². The van der Waals surface area contributed by atoms with E-state index in [1.54, 1.807) is 23.5 Å². The van der Waals surface area contributed by atoms with Crippen molar-refractivity contribution in [2.24, 2.45) is 11.8 Å². The van der Waals surface area contributed by atoms with E-state index in [4.69, 9.17) is 0 Å². The molecule has 4 heteroatoms. The predicted octanol–water partition coefficient (Wildman–Crippen LogP) is 17.8. The van der Waals surface area contributed by atoms with Crippen LogP contribution < -0.4 is 0 Å². The molecule has 6 aromatic rings. The molecular weight excluding hydrogens is 817 g/mol. The van der Waals surface area contributed by atoms with Gasteiger partial charge >= 0.3 is 0 Å². The largest absolute Gasteiger partial charge is 0.289 e. The summed E-state index contributed by atoms with van der Waals surface area (Å²) in [7, 11) is 0. The van der Waals surface area contributed by atoms with Gasteiger partial charge < -0.3 is 0 Å². The fourth-order valence-corrected chi connectivity index (χ4v) is 12.8. The maximum Gasteiger partial charge on any atom is 0.195 e. The molecule has 0 spiro atoms. The van der Waals surface area contributed by atoms with Gasteiger partial charge in [-0.2, -0.15) is 0 Å². The second kappa shape index (κ2) is 21.1. The van der Waals surface area contributed by atoms with Crippen LogP contribution in [0, 0.1) is 11.8 Å². The van der Waals surface area contributed by atoms with Crippen LogP contribution in [0.1, 0.15) is 171 Å². The lowest BCUT2D eigenvalue weighted by molar-refractivity contribution is 0.0974. The molecule has 0 radical (unpaired) electrons. The average Bonchev–Trinajstić information content (AvgIpc) is 3.34. The van der Waals surface area contributed by atoms with Gasteiger partial charge in [-0.05, 0) is 145 Å². The van der Waals surface area contributed by atoms with Gasteiger partial charge in [0.15, 0.2) is 11.6 Å². The van der Waals surface area contributed by atoms with E-state index < -0.39 is 0 Å². The van der Waals surface area contributed by atoms with Crippen molar-refractivity contribution in [3.8, 4) is 22.3 Å². The first-order valence-electron chi connectivity index (χ1n) is 24.6. The number of carbonyl (C=O) groups excluding carboxylic acids is 2. The molecule has 0 amide bonds.